The highest BCUT2D eigenvalue weighted by Crippen LogP contribution is 2.36. The van der Waals surface area contributed by atoms with Crippen LogP contribution in [0.3, 0.4) is 0 Å². The van der Waals surface area contributed by atoms with Crippen LogP contribution < -0.4 is 5.32 Å². The quantitative estimate of drug-likeness (QED) is 0.816. The first-order valence-electron chi connectivity index (χ1n) is 7.43. The molecular weight excluding hydrogens is 254 g/mol. The summed E-state index contributed by atoms with van der Waals surface area (Å²) in [5.41, 5.74) is 1.20. The number of nitrogens with zero attached hydrogens (tertiary/aromatic N) is 2. The molecule has 0 amide bonds. The van der Waals surface area contributed by atoms with Crippen molar-refractivity contribution in [1.29, 1.82) is 0 Å². The molecule has 0 bridgehead atoms. The van der Waals surface area contributed by atoms with Crippen LogP contribution in [-0.2, 0) is 0 Å². The molecular formula is C15H25N3S. The van der Waals surface area contributed by atoms with Gasteiger partial charge < -0.3 is 5.32 Å². The van der Waals surface area contributed by atoms with Gasteiger partial charge in [0, 0.05) is 18.0 Å². The highest BCUT2D eigenvalue weighted by Gasteiger charge is 2.21. The van der Waals surface area contributed by atoms with Crippen LogP contribution in [0.4, 0.5) is 5.95 Å². The van der Waals surface area contributed by atoms with E-state index in [9.17, 15) is 0 Å². The maximum Gasteiger partial charge on any atom is 0.223 e. The predicted molar refractivity (Wildman–Crippen MR) is 82.8 cm³/mol. The van der Waals surface area contributed by atoms with Crippen LogP contribution in [0.1, 0.15) is 51.5 Å². The van der Waals surface area contributed by atoms with E-state index in [-0.39, 0.29) is 0 Å². The predicted octanol–water partition coefficient (Wildman–Crippen LogP) is 4.28. The van der Waals surface area contributed by atoms with Crippen molar-refractivity contribution in [3.05, 3.63) is 11.8 Å². The van der Waals surface area contributed by atoms with Crippen LogP contribution in [0.5, 0.6) is 0 Å². The minimum atomic E-state index is 0.733. The highest BCUT2D eigenvalue weighted by molar-refractivity contribution is 7.99. The summed E-state index contributed by atoms with van der Waals surface area (Å²) in [5.74, 6) is 1.64. The Hall–Kier alpha value is -0.770. The van der Waals surface area contributed by atoms with Crippen molar-refractivity contribution in [1.82, 2.24) is 9.97 Å². The molecule has 4 heteroatoms. The fourth-order valence-corrected chi connectivity index (χ4v) is 3.91. The molecule has 0 aliphatic heterocycles. The summed E-state index contributed by atoms with van der Waals surface area (Å²) in [4.78, 5) is 9.02. The van der Waals surface area contributed by atoms with E-state index in [1.807, 2.05) is 18.0 Å². The van der Waals surface area contributed by atoms with E-state index in [1.165, 1.54) is 31.2 Å². The van der Waals surface area contributed by atoms with E-state index in [0.717, 1.165) is 35.1 Å². The minimum absolute atomic E-state index is 0.733. The van der Waals surface area contributed by atoms with Gasteiger partial charge in [-0.1, -0.05) is 26.7 Å². The first-order valence-corrected chi connectivity index (χ1v) is 8.31. The highest BCUT2D eigenvalue weighted by atomic mass is 32.2. The van der Waals surface area contributed by atoms with E-state index >= 15 is 0 Å². The van der Waals surface area contributed by atoms with Gasteiger partial charge in [0.15, 0.2) is 0 Å². The van der Waals surface area contributed by atoms with Gasteiger partial charge in [-0.3, -0.25) is 0 Å². The molecule has 2 rings (SSSR count). The molecule has 0 radical (unpaired) electrons. The molecule has 1 N–H and O–H groups in total. The van der Waals surface area contributed by atoms with E-state index < -0.39 is 0 Å². The van der Waals surface area contributed by atoms with Gasteiger partial charge in [-0.05, 0) is 37.7 Å². The average Bonchev–Trinajstić information content (AvgIpc) is 2.40. The monoisotopic (exact) mass is 279 g/mol. The lowest BCUT2D eigenvalue weighted by atomic mass is 9.91. The van der Waals surface area contributed by atoms with Gasteiger partial charge in [-0.25, -0.2) is 9.97 Å². The Labute approximate surface area is 121 Å². The molecule has 2 atom stereocenters. The maximum atomic E-state index is 4.67. The minimum Gasteiger partial charge on any atom is -0.354 e. The first kappa shape index (κ1) is 14.6. The fraction of sp³-hybridized carbons (Fsp3) is 0.733. The number of aryl methyl sites for hydroxylation is 1. The Morgan fingerprint density at radius 2 is 2.26 bits per heavy atom. The van der Waals surface area contributed by atoms with Crippen LogP contribution in [0.2, 0.25) is 0 Å². The van der Waals surface area contributed by atoms with Crippen molar-refractivity contribution in [2.75, 3.05) is 11.9 Å². The summed E-state index contributed by atoms with van der Waals surface area (Å²) in [6, 6.07) is 0. The summed E-state index contributed by atoms with van der Waals surface area (Å²) in [6.07, 6.45) is 8.45. The molecule has 0 saturated heterocycles. The number of anilines is 1. The molecule has 2 unspecified atom stereocenters. The fourth-order valence-electron chi connectivity index (χ4n) is 2.51. The van der Waals surface area contributed by atoms with Crippen molar-refractivity contribution < 1.29 is 0 Å². The third-order valence-electron chi connectivity index (χ3n) is 3.62. The van der Waals surface area contributed by atoms with E-state index in [0.29, 0.717) is 0 Å². The SMILES string of the molecule is CCCNc1ncc(C)c(SC2CCCC(C)C2)n1. The smallest absolute Gasteiger partial charge is 0.223 e. The normalized spacial score (nSPS) is 23.3. The molecule has 1 aliphatic carbocycles. The summed E-state index contributed by atoms with van der Waals surface area (Å²) in [6.45, 7) is 7.57. The van der Waals surface area contributed by atoms with Crippen LogP contribution in [-0.4, -0.2) is 21.8 Å². The molecule has 1 aliphatic rings. The van der Waals surface area contributed by atoms with Gasteiger partial charge in [-0.2, -0.15) is 0 Å². The van der Waals surface area contributed by atoms with Gasteiger partial charge in [0.05, 0.1) is 0 Å². The second-order valence-corrected chi connectivity index (χ2v) is 6.91. The number of rotatable bonds is 5. The van der Waals surface area contributed by atoms with Crippen LogP contribution in [0, 0.1) is 12.8 Å². The molecule has 1 saturated carbocycles. The van der Waals surface area contributed by atoms with Crippen molar-refractivity contribution in [3.8, 4) is 0 Å². The van der Waals surface area contributed by atoms with Gasteiger partial charge in [0.2, 0.25) is 5.95 Å². The molecule has 1 heterocycles. The van der Waals surface area contributed by atoms with Crippen molar-refractivity contribution >= 4 is 17.7 Å². The van der Waals surface area contributed by atoms with Crippen molar-refractivity contribution in [2.45, 2.75) is 63.2 Å². The summed E-state index contributed by atoms with van der Waals surface area (Å²) in [5, 5.41) is 5.17. The van der Waals surface area contributed by atoms with Crippen LogP contribution >= 0.6 is 11.8 Å². The van der Waals surface area contributed by atoms with Gasteiger partial charge in [-0.15, -0.1) is 11.8 Å². The zero-order valence-corrected chi connectivity index (χ0v) is 13.1. The lowest BCUT2D eigenvalue weighted by molar-refractivity contribution is 0.394. The Balaban J connectivity index is 2.01. The van der Waals surface area contributed by atoms with Crippen molar-refractivity contribution in [2.24, 2.45) is 5.92 Å². The summed E-state index contributed by atoms with van der Waals surface area (Å²) in [7, 11) is 0. The standard InChI is InChI=1S/C15H25N3S/c1-4-8-16-15-17-10-12(3)14(18-15)19-13-7-5-6-11(2)9-13/h10-11,13H,4-9H2,1-3H3,(H,16,17,18). The van der Waals surface area contributed by atoms with Crippen LogP contribution in [0.15, 0.2) is 11.2 Å². The molecule has 19 heavy (non-hydrogen) atoms. The van der Waals surface area contributed by atoms with E-state index in [4.69, 9.17) is 0 Å². The molecule has 0 spiro atoms. The third-order valence-corrected chi connectivity index (χ3v) is 5.02. The van der Waals surface area contributed by atoms with Crippen molar-refractivity contribution in [3.63, 3.8) is 0 Å². The molecule has 0 aromatic carbocycles. The average molecular weight is 279 g/mol. The zero-order chi connectivity index (χ0) is 13.7. The molecule has 106 valence electrons. The molecule has 1 aromatic rings. The molecule has 3 nitrogen and oxygen atoms in total. The van der Waals surface area contributed by atoms with Gasteiger partial charge >= 0.3 is 0 Å². The number of aromatic nitrogens is 2. The lowest BCUT2D eigenvalue weighted by Gasteiger charge is -2.26. The van der Waals surface area contributed by atoms with E-state index in [1.54, 1.807) is 0 Å². The van der Waals surface area contributed by atoms with Gasteiger partial charge in [0.1, 0.15) is 5.03 Å². The summed E-state index contributed by atoms with van der Waals surface area (Å²) >= 11 is 1.95. The summed E-state index contributed by atoms with van der Waals surface area (Å²) < 4.78 is 0. The second-order valence-electron chi connectivity index (χ2n) is 5.62. The Morgan fingerprint density at radius 3 is 3.00 bits per heavy atom. The first-order chi connectivity index (χ1) is 9.19. The zero-order valence-electron chi connectivity index (χ0n) is 12.3. The Morgan fingerprint density at radius 1 is 1.42 bits per heavy atom. The van der Waals surface area contributed by atoms with E-state index in [2.05, 4.69) is 36.1 Å². The van der Waals surface area contributed by atoms with Crippen LogP contribution in [0.25, 0.3) is 0 Å². The topological polar surface area (TPSA) is 37.8 Å². The number of nitrogens with one attached hydrogen (secondary N) is 1. The second kappa shape index (κ2) is 7.13. The number of hydrogen-bond donors (Lipinski definition) is 1. The largest absolute Gasteiger partial charge is 0.354 e. The molecule has 1 fully saturated rings. The number of thioether (sulfide) groups is 1. The molecule has 1 aromatic heterocycles. The lowest BCUT2D eigenvalue weighted by Crippen LogP contribution is -2.15. The van der Waals surface area contributed by atoms with Gasteiger partial charge in [0.25, 0.3) is 0 Å². The Bertz CT molecular complexity index is 408. The number of hydrogen-bond acceptors (Lipinski definition) is 4. The Kier molecular flexibility index (Phi) is 5.49. The third kappa shape index (κ3) is 4.37. The maximum absolute atomic E-state index is 4.67.